The lowest BCUT2D eigenvalue weighted by molar-refractivity contribution is 0.148. The molecule has 0 aromatic carbocycles. The van der Waals surface area contributed by atoms with Gasteiger partial charge in [-0.05, 0) is 70.9 Å². The van der Waals surface area contributed by atoms with Crippen LogP contribution in [-0.2, 0) is 20.0 Å². The Morgan fingerprint density at radius 3 is 2.65 bits per heavy atom. The number of aliphatic imine (C=N–C) groups is 1. The van der Waals surface area contributed by atoms with Gasteiger partial charge in [-0.3, -0.25) is 4.68 Å². The van der Waals surface area contributed by atoms with E-state index in [4.69, 9.17) is 9.73 Å². The summed E-state index contributed by atoms with van der Waals surface area (Å²) in [6.45, 7) is 9.84. The minimum absolute atomic E-state index is 0.240. The lowest BCUT2D eigenvalue weighted by Crippen LogP contribution is -2.43. The van der Waals surface area contributed by atoms with Gasteiger partial charge in [-0.25, -0.2) is 9.98 Å². The van der Waals surface area contributed by atoms with Crippen molar-refractivity contribution in [2.45, 2.75) is 84.9 Å². The number of hydrogen-bond donors (Lipinski definition) is 2. The van der Waals surface area contributed by atoms with Crippen LogP contribution in [0.15, 0.2) is 23.3 Å². The Hall–Kier alpha value is -2.57. The van der Waals surface area contributed by atoms with E-state index in [0.717, 1.165) is 48.9 Å². The third-order valence-corrected chi connectivity index (χ3v) is 5.95. The lowest BCUT2D eigenvalue weighted by Gasteiger charge is -2.22. The summed E-state index contributed by atoms with van der Waals surface area (Å²) < 4.78 is 7.98. The summed E-state index contributed by atoms with van der Waals surface area (Å²) >= 11 is 0. The highest BCUT2D eigenvalue weighted by molar-refractivity contribution is 5.80. The fourth-order valence-corrected chi connectivity index (χ4v) is 4.12. The summed E-state index contributed by atoms with van der Waals surface area (Å²) in [6, 6.07) is 4.27. The summed E-state index contributed by atoms with van der Waals surface area (Å²) in [5.41, 5.74) is 4.68. The van der Waals surface area contributed by atoms with Crippen molar-refractivity contribution in [1.82, 2.24) is 25.4 Å². The minimum Gasteiger partial charge on any atom is -0.474 e. The van der Waals surface area contributed by atoms with Gasteiger partial charge < -0.3 is 15.4 Å². The molecular formula is C24H38N6O. The van der Waals surface area contributed by atoms with E-state index in [-0.39, 0.29) is 6.04 Å². The van der Waals surface area contributed by atoms with Crippen LogP contribution in [0.5, 0.6) is 5.88 Å². The molecule has 0 radical (unpaired) electrons. The van der Waals surface area contributed by atoms with Gasteiger partial charge in [-0.1, -0.05) is 12.5 Å². The van der Waals surface area contributed by atoms with Gasteiger partial charge in [-0.2, -0.15) is 5.10 Å². The first-order valence-corrected chi connectivity index (χ1v) is 11.6. The molecular weight excluding hydrogens is 388 g/mol. The Bertz CT molecular complexity index is 852. The van der Waals surface area contributed by atoms with Crippen molar-refractivity contribution in [2.24, 2.45) is 12.0 Å². The topological polar surface area (TPSA) is 76.4 Å². The predicted octanol–water partition coefficient (Wildman–Crippen LogP) is 3.83. The van der Waals surface area contributed by atoms with Crippen LogP contribution in [0.3, 0.4) is 0 Å². The maximum atomic E-state index is 6.03. The zero-order valence-corrected chi connectivity index (χ0v) is 19.7. The predicted molar refractivity (Wildman–Crippen MR) is 126 cm³/mol. The molecule has 1 aliphatic rings. The van der Waals surface area contributed by atoms with Crippen molar-refractivity contribution in [2.75, 3.05) is 6.54 Å². The Morgan fingerprint density at radius 2 is 2.03 bits per heavy atom. The Kier molecular flexibility index (Phi) is 8.32. The van der Waals surface area contributed by atoms with Gasteiger partial charge in [0, 0.05) is 37.6 Å². The van der Waals surface area contributed by atoms with Crippen molar-refractivity contribution in [3.8, 4) is 5.88 Å². The fourth-order valence-electron chi connectivity index (χ4n) is 4.12. The number of aromatic nitrogens is 3. The maximum Gasteiger partial charge on any atom is 0.213 e. The normalized spacial score (nSPS) is 16.2. The van der Waals surface area contributed by atoms with Crippen LogP contribution in [-0.4, -0.2) is 39.4 Å². The zero-order valence-electron chi connectivity index (χ0n) is 19.7. The second-order valence-electron chi connectivity index (χ2n) is 8.60. The third kappa shape index (κ3) is 6.71. The monoisotopic (exact) mass is 426 g/mol. The highest BCUT2D eigenvalue weighted by atomic mass is 16.5. The molecule has 2 N–H and O–H groups in total. The van der Waals surface area contributed by atoms with Gasteiger partial charge in [0.05, 0.1) is 12.2 Å². The van der Waals surface area contributed by atoms with Crippen LogP contribution in [0.1, 0.15) is 68.5 Å². The second-order valence-corrected chi connectivity index (χ2v) is 8.60. The summed E-state index contributed by atoms with van der Waals surface area (Å²) in [7, 11) is 2.00. The first-order chi connectivity index (χ1) is 15.0. The van der Waals surface area contributed by atoms with Crippen molar-refractivity contribution >= 4 is 5.96 Å². The minimum atomic E-state index is 0.240. The first-order valence-electron chi connectivity index (χ1n) is 11.6. The molecule has 1 saturated carbocycles. The molecule has 0 bridgehead atoms. The molecule has 1 atom stereocenters. The van der Waals surface area contributed by atoms with Gasteiger partial charge in [0.1, 0.15) is 6.10 Å². The molecule has 2 heterocycles. The highest BCUT2D eigenvalue weighted by Gasteiger charge is 2.16. The van der Waals surface area contributed by atoms with Gasteiger partial charge in [0.25, 0.3) is 0 Å². The van der Waals surface area contributed by atoms with E-state index in [0.29, 0.717) is 12.6 Å². The zero-order chi connectivity index (χ0) is 22.2. The summed E-state index contributed by atoms with van der Waals surface area (Å²) in [5, 5.41) is 11.4. The highest BCUT2D eigenvalue weighted by Crippen LogP contribution is 2.22. The Balaban J connectivity index is 1.55. The molecule has 1 fully saturated rings. The van der Waals surface area contributed by atoms with Crippen molar-refractivity contribution in [3.63, 3.8) is 0 Å². The van der Waals surface area contributed by atoms with Crippen molar-refractivity contribution in [3.05, 3.63) is 40.8 Å². The van der Waals surface area contributed by atoms with E-state index in [1.165, 1.54) is 30.5 Å². The molecule has 0 amide bonds. The number of rotatable bonds is 8. The van der Waals surface area contributed by atoms with Crippen LogP contribution in [0.25, 0.3) is 0 Å². The van der Waals surface area contributed by atoms with E-state index in [9.17, 15) is 0 Å². The van der Waals surface area contributed by atoms with E-state index < -0.39 is 0 Å². The standard InChI is InChI=1S/C24H38N6O/c1-6-25-24(28-17(2)14-22-18(3)29-30(5)19(22)4)27-16-20-12-13-23(26-15-20)31-21-10-8-7-9-11-21/h12-13,15,17,21H,6-11,14,16H2,1-5H3,(H2,25,27,28). The molecule has 7 heteroatoms. The summed E-state index contributed by atoms with van der Waals surface area (Å²) in [5.74, 6) is 1.54. The van der Waals surface area contributed by atoms with Crippen LogP contribution >= 0.6 is 0 Å². The number of ether oxygens (including phenoxy) is 1. The van der Waals surface area contributed by atoms with E-state index >= 15 is 0 Å². The molecule has 170 valence electrons. The number of guanidine groups is 1. The number of hydrogen-bond acceptors (Lipinski definition) is 4. The van der Waals surface area contributed by atoms with Crippen LogP contribution in [0.4, 0.5) is 0 Å². The van der Waals surface area contributed by atoms with E-state index in [2.05, 4.69) is 54.5 Å². The molecule has 2 aromatic rings. The molecule has 0 aliphatic heterocycles. The van der Waals surface area contributed by atoms with Crippen molar-refractivity contribution in [1.29, 1.82) is 0 Å². The second kappa shape index (κ2) is 11.2. The molecule has 0 spiro atoms. The Morgan fingerprint density at radius 1 is 1.26 bits per heavy atom. The molecule has 31 heavy (non-hydrogen) atoms. The van der Waals surface area contributed by atoms with Gasteiger partial charge in [0.2, 0.25) is 5.88 Å². The molecule has 2 aromatic heterocycles. The number of nitrogens with one attached hydrogen (secondary N) is 2. The van der Waals surface area contributed by atoms with Crippen LogP contribution in [0.2, 0.25) is 0 Å². The molecule has 3 rings (SSSR count). The largest absolute Gasteiger partial charge is 0.474 e. The van der Waals surface area contributed by atoms with Crippen LogP contribution in [0, 0.1) is 13.8 Å². The molecule has 0 saturated heterocycles. The molecule has 1 unspecified atom stereocenters. The summed E-state index contributed by atoms with van der Waals surface area (Å²) in [4.78, 5) is 9.25. The number of nitrogens with zero attached hydrogens (tertiary/aromatic N) is 4. The van der Waals surface area contributed by atoms with Crippen LogP contribution < -0.4 is 15.4 Å². The van der Waals surface area contributed by atoms with E-state index in [1.807, 2.05) is 24.0 Å². The third-order valence-electron chi connectivity index (χ3n) is 5.95. The van der Waals surface area contributed by atoms with Gasteiger partial charge >= 0.3 is 0 Å². The SMILES string of the molecule is CCNC(=NCc1ccc(OC2CCCCC2)nc1)NC(C)Cc1c(C)nn(C)c1C. The maximum absolute atomic E-state index is 6.03. The first kappa shape index (κ1) is 23.1. The van der Waals surface area contributed by atoms with Gasteiger partial charge in [-0.15, -0.1) is 0 Å². The molecule has 7 nitrogen and oxygen atoms in total. The van der Waals surface area contributed by atoms with E-state index in [1.54, 1.807) is 0 Å². The van der Waals surface area contributed by atoms with Gasteiger partial charge in [0.15, 0.2) is 5.96 Å². The average molecular weight is 427 g/mol. The Labute approximate surface area is 186 Å². The number of pyridine rings is 1. The molecule has 1 aliphatic carbocycles. The smallest absolute Gasteiger partial charge is 0.213 e. The fraction of sp³-hybridized carbons (Fsp3) is 0.625. The summed E-state index contributed by atoms with van der Waals surface area (Å²) in [6.07, 6.45) is 9.23. The number of aryl methyl sites for hydroxylation is 2. The lowest BCUT2D eigenvalue weighted by atomic mass is 9.98. The quantitative estimate of drug-likeness (QED) is 0.496. The van der Waals surface area contributed by atoms with Crippen molar-refractivity contribution < 1.29 is 4.74 Å². The average Bonchev–Trinajstić information content (AvgIpc) is 3.00.